The van der Waals surface area contributed by atoms with Gasteiger partial charge in [0.15, 0.2) is 16.5 Å². The monoisotopic (exact) mass is 567 g/mol. The first-order valence-electron chi connectivity index (χ1n) is 13.5. The fraction of sp³-hybridized carbons (Fsp3) is 0.281. The zero-order chi connectivity index (χ0) is 28.6. The van der Waals surface area contributed by atoms with E-state index in [1.165, 1.54) is 23.8 Å². The van der Waals surface area contributed by atoms with Gasteiger partial charge in [-0.15, -0.1) is 0 Å². The molecule has 3 aliphatic heterocycles. The number of imide groups is 1. The highest BCUT2D eigenvalue weighted by Crippen LogP contribution is 2.54. The lowest BCUT2D eigenvalue weighted by Gasteiger charge is -2.40. The first-order chi connectivity index (χ1) is 20.0. The molecule has 0 spiro atoms. The van der Waals surface area contributed by atoms with Crippen LogP contribution in [0.1, 0.15) is 21.5 Å². The highest BCUT2D eigenvalue weighted by molar-refractivity contribution is 8.14. The van der Waals surface area contributed by atoms with Crippen LogP contribution in [-0.2, 0) is 32.1 Å². The SMILES string of the molecule is COC(=O)[C@@]1(Cc2ccccc2)[C@H]2C(=O)N(Cc3ccccc3)C(=O)[C@H]2[C@H]2CN=C(SCC(=O)c3ccccc3)N21. The van der Waals surface area contributed by atoms with Crippen molar-refractivity contribution >= 4 is 40.5 Å². The third-order valence-electron chi connectivity index (χ3n) is 8.22. The Morgan fingerprint density at radius 2 is 1.51 bits per heavy atom. The van der Waals surface area contributed by atoms with E-state index in [2.05, 4.69) is 0 Å². The second-order valence-corrected chi connectivity index (χ2v) is 11.4. The molecule has 0 unspecified atom stereocenters. The minimum absolute atomic E-state index is 0.0749. The van der Waals surface area contributed by atoms with Crippen molar-refractivity contribution in [3.63, 3.8) is 0 Å². The molecule has 0 bridgehead atoms. The van der Waals surface area contributed by atoms with Gasteiger partial charge < -0.3 is 9.64 Å². The van der Waals surface area contributed by atoms with Gasteiger partial charge in [0.25, 0.3) is 0 Å². The molecule has 3 aliphatic rings. The van der Waals surface area contributed by atoms with Crippen molar-refractivity contribution in [1.82, 2.24) is 9.80 Å². The van der Waals surface area contributed by atoms with Crippen LogP contribution in [0, 0.1) is 11.8 Å². The van der Waals surface area contributed by atoms with Crippen molar-refractivity contribution in [1.29, 1.82) is 0 Å². The number of likely N-dealkylation sites (tertiary alicyclic amines) is 1. The second-order valence-electron chi connectivity index (χ2n) is 10.5. The lowest BCUT2D eigenvalue weighted by atomic mass is 9.76. The predicted octanol–water partition coefficient (Wildman–Crippen LogP) is 3.61. The highest BCUT2D eigenvalue weighted by Gasteiger charge is 2.73. The molecule has 2 fully saturated rings. The predicted molar refractivity (Wildman–Crippen MR) is 155 cm³/mol. The molecule has 8 nitrogen and oxygen atoms in total. The van der Waals surface area contributed by atoms with Crippen LogP contribution in [0.3, 0.4) is 0 Å². The normalized spacial score (nSPS) is 24.7. The van der Waals surface area contributed by atoms with Crippen LogP contribution in [0.2, 0.25) is 0 Å². The Balaban J connectivity index is 1.39. The van der Waals surface area contributed by atoms with Crippen LogP contribution < -0.4 is 0 Å². The van der Waals surface area contributed by atoms with E-state index in [1.807, 2.05) is 83.8 Å². The summed E-state index contributed by atoms with van der Waals surface area (Å²) >= 11 is 1.23. The zero-order valence-corrected chi connectivity index (χ0v) is 23.3. The third kappa shape index (κ3) is 4.54. The average Bonchev–Trinajstić information content (AvgIpc) is 3.63. The van der Waals surface area contributed by atoms with Gasteiger partial charge >= 0.3 is 5.97 Å². The van der Waals surface area contributed by atoms with Crippen molar-refractivity contribution < 1.29 is 23.9 Å². The molecule has 3 aromatic rings. The van der Waals surface area contributed by atoms with E-state index in [9.17, 15) is 19.2 Å². The van der Waals surface area contributed by atoms with E-state index < -0.39 is 29.4 Å². The molecule has 6 rings (SSSR count). The summed E-state index contributed by atoms with van der Waals surface area (Å²) in [6.07, 6.45) is 0.155. The van der Waals surface area contributed by atoms with Gasteiger partial charge in [-0.2, -0.15) is 0 Å². The first-order valence-corrected chi connectivity index (χ1v) is 14.5. The van der Waals surface area contributed by atoms with E-state index in [0.717, 1.165) is 11.1 Å². The third-order valence-corrected chi connectivity index (χ3v) is 9.21. The maximum Gasteiger partial charge on any atom is 0.333 e. The van der Waals surface area contributed by atoms with Crippen molar-refractivity contribution in [2.75, 3.05) is 19.4 Å². The van der Waals surface area contributed by atoms with Gasteiger partial charge in [-0.3, -0.25) is 24.3 Å². The highest BCUT2D eigenvalue weighted by atomic mass is 32.2. The summed E-state index contributed by atoms with van der Waals surface area (Å²) in [5.74, 6) is -2.97. The van der Waals surface area contributed by atoms with E-state index >= 15 is 0 Å². The van der Waals surface area contributed by atoms with Crippen LogP contribution >= 0.6 is 11.8 Å². The van der Waals surface area contributed by atoms with Crippen molar-refractivity contribution in [2.24, 2.45) is 16.8 Å². The number of hydrogen-bond donors (Lipinski definition) is 0. The number of thioether (sulfide) groups is 1. The van der Waals surface area contributed by atoms with Crippen LogP contribution in [0.15, 0.2) is 96.0 Å². The number of amides is 2. The van der Waals surface area contributed by atoms with E-state index in [-0.39, 0.29) is 42.9 Å². The fourth-order valence-electron chi connectivity index (χ4n) is 6.45. The number of methoxy groups -OCH3 is 1. The summed E-state index contributed by atoms with van der Waals surface area (Å²) < 4.78 is 5.41. The molecule has 3 heterocycles. The Labute approximate surface area is 242 Å². The number of esters is 1. The topological polar surface area (TPSA) is 96.4 Å². The van der Waals surface area contributed by atoms with Crippen molar-refractivity contribution in [3.05, 3.63) is 108 Å². The number of nitrogens with zero attached hydrogens (tertiary/aromatic N) is 3. The van der Waals surface area contributed by atoms with E-state index in [4.69, 9.17) is 9.73 Å². The number of aliphatic imine (C=N–C) groups is 1. The minimum atomic E-state index is -1.50. The molecule has 9 heteroatoms. The molecule has 208 valence electrons. The number of carbonyl (C=O) groups is 4. The molecule has 2 amide bonds. The Bertz CT molecular complexity index is 1510. The minimum Gasteiger partial charge on any atom is -0.467 e. The van der Waals surface area contributed by atoms with Crippen LogP contribution in [0.25, 0.3) is 0 Å². The molecular weight excluding hydrogens is 538 g/mol. The summed E-state index contributed by atoms with van der Waals surface area (Å²) in [4.78, 5) is 62.9. The number of benzene rings is 3. The fourth-order valence-corrected chi connectivity index (χ4v) is 7.48. The molecule has 2 saturated heterocycles. The number of ketones is 1. The number of hydrogen-bond acceptors (Lipinski definition) is 8. The molecule has 41 heavy (non-hydrogen) atoms. The largest absolute Gasteiger partial charge is 0.467 e. The zero-order valence-electron chi connectivity index (χ0n) is 22.5. The van der Waals surface area contributed by atoms with Gasteiger partial charge in [-0.25, -0.2) is 4.79 Å². The molecule has 3 aromatic carbocycles. The lowest BCUT2D eigenvalue weighted by Crippen LogP contribution is -2.61. The van der Waals surface area contributed by atoms with Gasteiger partial charge in [0.05, 0.1) is 43.8 Å². The van der Waals surface area contributed by atoms with Crippen LogP contribution in [0.4, 0.5) is 0 Å². The maximum absolute atomic E-state index is 14.2. The van der Waals surface area contributed by atoms with E-state index in [0.29, 0.717) is 10.7 Å². The van der Waals surface area contributed by atoms with Gasteiger partial charge in [0, 0.05) is 12.0 Å². The van der Waals surface area contributed by atoms with Crippen molar-refractivity contribution in [2.45, 2.75) is 24.5 Å². The van der Waals surface area contributed by atoms with Gasteiger partial charge in [0.1, 0.15) is 0 Å². The molecular formula is C32H29N3O5S. The number of ether oxygens (including phenoxy) is 1. The summed E-state index contributed by atoms with van der Waals surface area (Å²) in [6.45, 7) is 0.379. The summed E-state index contributed by atoms with van der Waals surface area (Å²) in [5.41, 5.74) is 0.743. The number of Topliss-reactive ketones (excluding diaryl/α,β-unsaturated/α-hetero) is 1. The Morgan fingerprint density at radius 1 is 0.902 bits per heavy atom. The molecule has 0 saturated carbocycles. The Hall–Kier alpha value is -4.24. The second kappa shape index (κ2) is 11.0. The quantitative estimate of drug-likeness (QED) is 0.233. The smallest absolute Gasteiger partial charge is 0.333 e. The maximum atomic E-state index is 14.2. The standard InChI is InChI=1S/C32H29N3O5S/c1-40-30(39)32(17-21-11-5-2-6-12-21)27-26(28(37)34(29(27)38)19-22-13-7-3-8-14-22)24-18-33-31(35(24)32)41-20-25(36)23-15-9-4-10-16-23/h2-16,24,26-27H,17-20H2,1H3/t24-,26+,27-,32-/m1/s1. The van der Waals surface area contributed by atoms with Crippen LogP contribution in [-0.4, -0.2) is 69.5 Å². The molecule has 0 aromatic heterocycles. The van der Waals surface area contributed by atoms with Gasteiger partial charge in [0.2, 0.25) is 11.8 Å². The Kier molecular flexibility index (Phi) is 7.21. The van der Waals surface area contributed by atoms with Crippen LogP contribution in [0.5, 0.6) is 0 Å². The lowest BCUT2D eigenvalue weighted by molar-refractivity contribution is -0.158. The summed E-state index contributed by atoms with van der Waals surface area (Å²) in [5, 5.41) is 0.477. The number of amidine groups is 1. The first kappa shape index (κ1) is 27.0. The molecule has 4 atom stereocenters. The number of rotatable bonds is 8. The molecule has 0 N–H and O–H groups in total. The summed E-state index contributed by atoms with van der Waals surface area (Å²) in [7, 11) is 1.30. The molecule has 0 radical (unpaired) electrons. The number of fused-ring (bicyclic) bond motifs is 3. The number of carbonyl (C=O) groups excluding carboxylic acids is 4. The van der Waals surface area contributed by atoms with E-state index in [1.54, 1.807) is 12.1 Å². The average molecular weight is 568 g/mol. The van der Waals surface area contributed by atoms with Gasteiger partial charge in [-0.1, -0.05) is 103 Å². The summed E-state index contributed by atoms with van der Waals surface area (Å²) in [6, 6.07) is 27.3. The van der Waals surface area contributed by atoms with Gasteiger partial charge in [-0.05, 0) is 11.1 Å². The van der Waals surface area contributed by atoms with Crippen molar-refractivity contribution in [3.8, 4) is 0 Å². The molecule has 0 aliphatic carbocycles. The Morgan fingerprint density at radius 3 is 2.15 bits per heavy atom.